The molecule has 0 atom stereocenters. The van der Waals surface area contributed by atoms with Gasteiger partial charge < -0.3 is 16.0 Å². The van der Waals surface area contributed by atoms with Gasteiger partial charge in [-0.1, -0.05) is 0 Å². The highest BCUT2D eigenvalue weighted by atomic mass is 16.2. The van der Waals surface area contributed by atoms with Gasteiger partial charge in [-0.3, -0.25) is 9.59 Å². The Balaban J connectivity index is 1.61. The van der Waals surface area contributed by atoms with Crippen molar-refractivity contribution in [3.8, 4) is 0 Å². The van der Waals surface area contributed by atoms with Gasteiger partial charge >= 0.3 is 0 Å². The summed E-state index contributed by atoms with van der Waals surface area (Å²) >= 11 is 0. The van der Waals surface area contributed by atoms with Crippen molar-refractivity contribution >= 4 is 23.2 Å². The predicted molar refractivity (Wildman–Crippen MR) is 73.0 cm³/mol. The zero-order chi connectivity index (χ0) is 13.2. The Morgan fingerprint density at radius 1 is 1.32 bits per heavy atom. The van der Waals surface area contributed by atoms with Crippen LogP contribution in [0.15, 0.2) is 18.2 Å². The first-order chi connectivity index (χ1) is 9.20. The second-order valence-corrected chi connectivity index (χ2v) is 5.12. The Labute approximate surface area is 111 Å². The number of fused-ring (bicyclic) bond motifs is 1. The van der Waals surface area contributed by atoms with Crippen LogP contribution in [-0.2, 0) is 16.0 Å². The normalized spacial score (nSPS) is 17.6. The van der Waals surface area contributed by atoms with Gasteiger partial charge in [0.1, 0.15) is 0 Å². The molecule has 1 aromatic rings. The van der Waals surface area contributed by atoms with Crippen molar-refractivity contribution in [1.29, 1.82) is 0 Å². The van der Waals surface area contributed by atoms with Crippen LogP contribution in [-0.4, -0.2) is 24.4 Å². The number of nitrogens with one attached hydrogen (secondary N) is 3. The monoisotopic (exact) mass is 259 g/mol. The van der Waals surface area contributed by atoms with Crippen LogP contribution in [0.5, 0.6) is 0 Å². The van der Waals surface area contributed by atoms with Gasteiger partial charge in [0.05, 0.1) is 6.54 Å². The van der Waals surface area contributed by atoms with Crippen molar-refractivity contribution in [1.82, 2.24) is 5.32 Å². The minimum atomic E-state index is -0.0216. The molecule has 1 aromatic carbocycles. The zero-order valence-electron chi connectivity index (χ0n) is 10.7. The number of anilines is 2. The lowest BCUT2D eigenvalue weighted by Crippen LogP contribution is -2.29. The van der Waals surface area contributed by atoms with E-state index in [9.17, 15) is 9.59 Å². The minimum Gasteiger partial charge on any atom is -0.326 e. The van der Waals surface area contributed by atoms with Crippen molar-refractivity contribution in [2.45, 2.75) is 31.7 Å². The molecule has 0 bridgehead atoms. The smallest absolute Gasteiger partial charge is 0.238 e. The summed E-state index contributed by atoms with van der Waals surface area (Å²) in [4.78, 5) is 23.0. The van der Waals surface area contributed by atoms with E-state index in [4.69, 9.17) is 0 Å². The lowest BCUT2D eigenvalue weighted by atomic mass is 10.0. The van der Waals surface area contributed by atoms with Crippen molar-refractivity contribution in [3.05, 3.63) is 23.8 Å². The summed E-state index contributed by atoms with van der Waals surface area (Å²) in [6, 6.07) is 6.13. The Morgan fingerprint density at radius 3 is 2.95 bits per heavy atom. The van der Waals surface area contributed by atoms with E-state index in [0.717, 1.165) is 23.4 Å². The molecule has 5 heteroatoms. The second-order valence-electron chi connectivity index (χ2n) is 5.12. The topological polar surface area (TPSA) is 70.2 Å². The van der Waals surface area contributed by atoms with Gasteiger partial charge in [0, 0.05) is 23.8 Å². The fourth-order valence-electron chi connectivity index (χ4n) is 2.19. The molecular weight excluding hydrogens is 242 g/mol. The number of rotatable bonds is 4. The van der Waals surface area contributed by atoms with Crippen LogP contribution in [0.4, 0.5) is 11.4 Å². The summed E-state index contributed by atoms with van der Waals surface area (Å²) in [6.07, 6.45) is 3.58. The van der Waals surface area contributed by atoms with Crippen LogP contribution >= 0.6 is 0 Å². The maximum atomic E-state index is 11.7. The van der Waals surface area contributed by atoms with Crippen molar-refractivity contribution < 1.29 is 9.59 Å². The van der Waals surface area contributed by atoms with Gasteiger partial charge in [-0.15, -0.1) is 0 Å². The average Bonchev–Trinajstić information content (AvgIpc) is 3.21. The molecule has 3 rings (SSSR count). The first-order valence-electron chi connectivity index (χ1n) is 6.67. The molecule has 2 amide bonds. The molecule has 1 heterocycles. The number of benzene rings is 1. The lowest BCUT2D eigenvalue weighted by molar-refractivity contribution is -0.116. The number of aryl methyl sites for hydroxylation is 1. The third kappa shape index (κ3) is 3.12. The molecule has 0 spiro atoms. The fourth-order valence-corrected chi connectivity index (χ4v) is 2.19. The van der Waals surface area contributed by atoms with Crippen LogP contribution in [0, 0.1) is 0 Å². The Bertz CT molecular complexity index is 523. The van der Waals surface area contributed by atoms with Crippen LogP contribution in [0.1, 0.15) is 24.8 Å². The van der Waals surface area contributed by atoms with E-state index in [0.29, 0.717) is 19.0 Å². The van der Waals surface area contributed by atoms with E-state index in [2.05, 4.69) is 16.0 Å². The number of amides is 2. The Kier molecular flexibility index (Phi) is 3.21. The average molecular weight is 259 g/mol. The summed E-state index contributed by atoms with van der Waals surface area (Å²) in [5.41, 5.74) is 2.72. The molecule has 1 aliphatic heterocycles. The second kappa shape index (κ2) is 5.01. The summed E-state index contributed by atoms with van der Waals surface area (Å²) in [5, 5.41) is 8.87. The molecule has 19 heavy (non-hydrogen) atoms. The molecule has 0 saturated heterocycles. The van der Waals surface area contributed by atoms with E-state index in [1.807, 2.05) is 18.2 Å². The minimum absolute atomic E-state index is 0.0216. The molecule has 2 aliphatic rings. The third-order valence-corrected chi connectivity index (χ3v) is 3.41. The van der Waals surface area contributed by atoms with E-state index < -0.39 is 0 Å². The standard InChI is InChI=1S/C14H17N3O2/c18-13-6-1-9-7-11(4-5-12(9)17-13)16-14(19)8-15-10-2-3-10/h4-5,7,10,15H,1-3,6,8H2,(H,16,19)(H,17,18). The van der Waals surface area contributed by atoms with Crippen LogP contribution < -0.4 is 16.0 Å². The highest BCUT2D eigenvalue weighted by molar-refractivity contribution is 5.96. The van der Waals surface area contributed by atoms with Gasteiger partial charge in [-0.25, -0.2) is 0 Å². The summed E-state index contributed by atoms with van der Waals surface area (Å²) in [6.45, 7) is 0.360. The molecule has 3 N–H and O–H groups in total. The van der Waals surface area contributed by atoms with Gasteiger partial charge in [0.25, 0.3) is 0 Å². The van der Waals surface area contributed by atoms with Crippen LogP contribution in [0.2, 0.25) is 0 Å². The number of carbonyl (C=O) groups excluding carboxylic acids is 2. The fraction of sp³-hybridized carbons (Fsp3) is 0.429. The Morgan fingerprint density at radius 2 is 2.16 bits per heavy atom. The summed E-state index contributed by atoms with van der Waals surface area (Å²) in [5.74, 6) is 0.0320. The highest BCUT2D eigenvalue weighted by Gasteiger charge is 2.21. The maximum absolute atomic E-state index is 11.7. The predicted octanol–water partition coefficient (Wildman–Crippen LogP) is 1.26. The maximum Gasteiger partial charge on any atom is 0.238 e. The number of hydrogen-bond donors (Lipinski definition) is 3. The molecule has 5 nitrogen and oxygen atoms in total. The molecule has 1 fully saturated rings. The van der Waals surface area contributed by atoms with Crippen molar-refractivity contribution in [3.63, 3.8) is 0 Å². The molecule has 0 unspecified atom stereocenters. The molecule has 1 saturated carbocycles. The molecule has 1 aliphatic carbocycles. The number of carbonyl (C=O) groups is 2. The van der Waals surface area contributed by atoms with Crippen LogP contribution in [0.25, 0.3) is 0 Å². The quantitative estimate of drug-likeness (QED) is 0.762. The SMILES string of the molecule is O=C(CNC1CC1)Nc1ccc2c(c1)CCC(=O)N2. The first kappa shape index (κ1) is 12.2. The summed E-state index contributed by atoms with van der Waals surface area (Å²) in [7, 11) is 0. The Hall–Kier alpha value is -1.88. The number of hydrogen-bond acceptors (Lipinski definition) is 3. The highest BCUT2D eigenvalue weighted by Crippen LogP contribution is 2.25. The van der Waals surface area contributed by atoms with Gasteiger partial charge in [-0.2, -0.15) is 0 Å². The molecule has 100 valence electrons. The van der Waals surface area contributed by atoms with E-state index in [1.54, 1.807) is 0 Å². The van der Waals surface area contributed by atoms with Crippen molar-refractivity contribution in [2.75, 3.05) is 17.2 Å². The van der Waals surface area contributed by atoms with Crippen LogP contribution in [0.3, 0.4) is 0 Å². The lowest BCUT2D eigenvalue weighted by Gasteiger charge is -2.17. The molecule has 0 radical (unpaired) electrons. The van der Waals surface area contributed by atoms with Gasteiger partial charge in [0.2, 0.25) is 11.8 Å². The van der Waals surface area contributed by atoms with Gasteiger partial charge in [0.15, 0.2) is 0 Å². The van der Waals surface area contributed by atoms with E-state index in [-0.39, 0.29) is 11.8 Å². The third-order valence-electron chi connectivity index (χ3n) is 3.41. The largest absolute Gasteiger partial charge is 0.326 e. The molecule has 0 aromatic heterocycles. The first-order valence-corrected chi connectivity index (χ1v) is 6.67. The zero-order valence-corrected chi connectivity index (χ0v) is 10.7. The van der Waals surface area contributed by atoms with E-state index >= 15 is 0 Å². The summed E-state index contributed by atoms with van der Waals surface area (Å²) < 4.78 is 0. The molecular formula is C14H17N3O2. The van der Waals surface area contributed by atoms with Crippen molar-refractivity contribution in [2.24, 2.45) is 0 Å². The van der Waals surface area contributed by atoms with E-state index in [1.165, 1.54) is 12.8 Å². The van der Waals surface area contributed by atoms with Gasteiger partial charge in [-0.05, 0) is 43.0 Å².